The van der Waals surface area contributed by atoms with Gasteiger partial charge in [0.05, 0.1) is 10.7 Å². The van der Waals surface area contributed by atoms with Crippen molar-refractivity contribution >= 4 is 29.0 Å². The fourth-order valence-electron chi connectivity index (χ4n) is 1.66. The van der Waals surface area contributed by atoms with Gasteiger partial charge < -0.3 is 4.90 Å². The second-order valence-corrected chi connectivity index (χ2v) is 3.84. The molecule has 1 fully saturated rings. The topological polar surface area (TPSA) is 37.4 Å². The number of rotatable bonds is 1. The van der Waals surface area contributed by atoms with Crippen LogP contribution in [0.1, 0.15) is 12.8 Å². The molecule has 1 amide bonds. The Hall–Kier alpha value is -1.35. The molecule has 0 unspecified atom stereocenters. The summed E-state index contributed by atoms with van der Waals surface area (Å²) in [4.78, 5) is 24.3. The van der Waals surface area contributed by atoms with Crippen molar-refractivity contribution in [2.45, 2.75) is 12.8 Å². The quantitative estimate of drug-likeness (QED) is 0.684. The van der Waals surface area contributed by atoms with Crippen LogP contribution in [-0.4, -0.2) is 18.2 Å². The zero-order valence-electron chi connectivity index (χ0n) is 8.07. The molecule has 0 N–H and O–H groups in total. The fourth-order valence-corrected chi connectivity index (χ4v) is 1.89. The van der Waals surface area contributed by atoms with Crippen LogP contribution in [0.3, 0.4) is 0 Å². The maximum atomic E-state index is 11.6. The Morgan fingerprint density at radius 3 is 2.67 bits per heavy atom. The molecular weight excluding hydrogens is 214 g/mol. The van der Waals surface area contributed by atoms with E-state index < -0.39 is 5.91 Å². The van der Waals surface area contributed by atoms with Gasteiger partial charge in [-0.2, -0.15) is 0 Å². The van der Waals surface area contributed by atoms with Crippen molar-refractivity contribution in [2.75, 3.05) is 11.4 Å². The number of nitrogens with zero attached hydrogens (tertiary/aromatic N) is 1. The fraction of sp³-hybridized carbons (Fsp3) is 0.273. The molecule has 15 heavy (non-hydrogen) atoms. The predicted octanol–water partition coefficient (Wildman–Crippen LogP) is 2.04. The number of ketones is 1. The minimum Gasteiger partial charge on any atom is -0.304 e. The van der Waals surface area contributed by atoms with E-state index in [9.17, 15) is 9.59 Å². The molecule has 1 aliphatic rings. The SMILES string of the molecule is O=C1CCCN(c2ccccc2Cl)C1=O. The standard InChI is InChI=1S/C11H10ClNO2/c12-8-4-1-2-5-9(8)13-7-3-6-10(14)11(13)15/h1-2,4-5H,3,6-7H2. The van der Waals surface area contributed by atoms with Crippen molar-refractivity contribution in [2.24, 2.45) is 0 Å². The Labute approximate surface area is 92.6 Å². The number of amides is 1. The summed E-state index contributed by atoms with van der Waals surface area (Å²) >= 11 is 5.97. The summed E-state index contributed by atoms with van der Waals surface area (Å²) in [6, 6.07) is 7.05. The predicted molar refractivity (Wildman–Crippen MR) is 58.0 cm³/mol. The largest absolute Gasteiger partial charge is 0.304 e. The van der Waals surface area contributed by atoms with Crippen LogP contribution >= 0.6 is 11.6 Å². The summed E-state index contributed by atoms with van der Waals surface area (Å²) in [5.74, 6) is -0.782. The van der Waals surface area contributed by atoms with Gasteiger partial charge in [-0.05, 0) is 18.6 Å². The van der Waals surface area contributed by atoms with Crippen molar-refractivity contribution in [3.8, 4) is 0 Å². The van der Waals surface area contributed by atoms with Gasteiger partial charge in [0, 0.05) is 13.0 Å². The van der Waals surface area contributed by atoms with E-state index in [1.165, 1.54) is 4.90 Å². The summed E-state index contributed by atoms with van der Waals surface area (Å²) in [5.41, 5.74) is 0.622. The maximum absolute atomic E-state index is 11.6. The Bertz CT molecular complexity index is 417. The lowest BCUT2D eigenvalue weighted by atomic mass is 10.1. The lowest BCUT2D eigenvalue weighted by molar-refractivity contribution is -0.137. The van der Waals surface area contributed by atoms with Gasteiger partial charge in [0.25, 0.3) is 5.91 Å². The molecule has 0 aromatic heterocycles. The second kappa shape index (κ2) is 4.03. The zero-order chi connectivity index (χ0) is 10.8. The summed E-state index contributed by atoms with van der Waals surface area (Å²) in [7, 11) is 0. The molecule has 1 saturated heterocycles. The number of halogens is 1. The average molecular weight is 224 g/mol. The first-order chi connectivity index (χ1) is 7.20. The van der Waals surface area contributed by atoms with Crippen LogP contribution in [-0.2, 0) is 9.59 Å². The van der Waals surface area contributed by atoms with Crippen molar-refractivity contribution in [1.29, 1.82) is 0 Å². The molecule has 0 bridgehead atoms. The summed E-state index contributed by atoms with van der Waals surface area (Å²) < 4.78 is 0. The van der Waals surface area contributed by atoms with Gasteiger partial charge in [-0.25, -0.2) is 0 Å². The number of hydrogen-bond acceptors (Lipinski definition) is 2. The minimum absolute atomic E-state index is 0.332. The highest BCUT2D eigenvalue weighted by Gasteiger charge is 2.28. The van der Waals surface area contributed by atoms with Crippen molar-refractivity contribution in [3.63, 3.8) is 0 Å². The van der Waals surface area contributed by atoms with Crippen LogP contribution in [0.2, 0.25) is 5.02 Å². The van der Waals surface area contributed by atoms with Gasteiger partial charge in [-0.3, -0.25) is 9.59 Å². The van der Waals surface area contributed by atoms with Gasteiger partial charge >= 0.3 is 0 Å². The van der Waals surface area contributed by atoms with E-state index in [4.69, 9.17) is 11.6 Å². The van der Waals surface area contributed by atoms with Gasteiger partial charge in [0.15, 0.2) is 0 Å². The zero-order valence-corrected chi connectivity index (χ0v) is 8.83. The first-order valence-corrected chi connectivity index (χ1v) is 5.17. The third-order valence-corrected chi connectivity index (χ3v) is 2.73. The summed E-state index contributed by atoms with van der Waals surface area (Å²) in [6.07, 6.45) is 1.05. The third-order valence-electron chi connectivity index (χ3n) is 2.41. The molecular formula is C11H10ClNO2. The van der Waals surface area contributed by atoms with Crippen LogP contribution < -0.4 is 4.90 Å². The molecule has 0 aliphatic carbocycles. The third kappa shape index (κ3) is 1.88. The molecule has 1 heterocycles. The van der Waals surface area contributed by atoms with Gasteiger partial charge in [0.2, 0.25) is 5.78 Å². The molecule has 0 atom stereocenters. The molecule has 2 rings (SSSR count). The van der Waals surface area contributed by atoms with Crippen LogP contribution in [0.5, 0.6) is 0 Å². The lowest BCUT2D eigenvalue weighted by Gasteiger charge is -2.26. The molecule has 1 aromatic carbocycles. The van der Waals surface area contributed by atoms with Gasteiger partial charge in [-0.15, -0.1) is 0 Å². The van der Waals surface area contributed by atoms with Crippen molar-refractivity contribution in [1.82, 2.24) is 0 Å². The molecule has 0 saturated carbocycles. The maximum Gasteiger partial charge on any atom is 0.294 e. The molecule has 0 spiro atoms. The highest BCUT2D eigenvalue weighted by atomic mass is 35.5. The average Bonchev–Trinajstić information content (AvgIpc) is 2.23. The molecule has 1 aromatic rings. The van der Waals surface area contributed by atoms with Crippen molar-refractivity contribution in [3.05, 3.63) is 29.3 Å². The number of para-hydroxylation sites is 1. The first-order valence-electron chi connectivity index (χ1n) is 4.79. The number of hydrogen-bond donors (Lipinski definition) is 0. The minimum atomic E-state index is -0.450. The molecule has 0 radical (unpaired) electrons. The van der Waals surface area contributed by atoms with Crippen LogP contribution in [0, 0.1) is 0 Å². The number of piperidine rings is 1. The normalized spacial score (nSPS) is 17.0. The van der Waals surface area contributed by atoms with Gasteiger partial charge in [0.1, 0.15) is 0 Å². The molecule has 1 aliphatic heterocycles. The van der Waals surface area contributed by atoms with Crippen LogP contribution in [0.4, 0.5) is 5.69 Å². The van der Waals surface area contributed by atoms with Gasteiger partial charge in [-0.1, -0.05) is 23.7 Å². The van der Waals surface area contributed by atoms with E-state index in [0.29, 0.717) is 30.1 Å². The Balaban J connectivity index is 2.34. The first kappa shape index (κ1) is 10.2. The van der Waals surface area contributed by atoms with E-state index in [0.717, 1.165) is 0 Å². The smallest absolute Gasteiger partial charge is 0.294 e. The highest BCUT2D eigenvalue weighted by molar-refractivity contribution is 6.43. The second-order valence-electron chi connectivity index (χ2n) is 3.43. The molecule has 3 nitrogen and oxygen atoms in total. The summed E-state index contributed by atoms with van der Waals surface area (Å²) in [6.45, 7) is 0.564. The highest BCUT2D eigenvalue weighted by Crippen LogP contribution is 2.27. The number of Topliss-reactive ketones (excluding diaryl/α,β-unsaturated/α-hetero) is 1. The molecule has 78 valence electrons. The van der Waals surface area contributed by atoms with Crippen LogP contribution in [0.15, 0.2) is 24.3 Å². The van der Waals surface area contributed by atoms with E-state index in [-0.39, 0.29) is 5.78 Å². The Kier molecular flexibility index (Phi) is 2.73. The van der Waals surface area contributed by atoms with Crippen molar-refractivity contribution < 1.29 is 9.59 Å². The number of anilines is 1. The monoisotopic (exact) mass is 223 g/mol. The Morgan fingerprint density at radius 1 is 1.20 bits per heavy atom. The van der Waals surface area contributed by atoms with E-state index in [1.807, 2.05) is 0 Å². The number of carbonyl (C=O) groups excluding carboxylic acids is 2. The number of benzene rings is 1. The molecule has 4 heteroatoms. The van der Waals surface area contributed by atoms with E-state index >= 15 is 0 Å². The van der Waals surface area contributed by atoms with E-state index in [1.54, 1.807) is 24.3 Å². The Morgan fingerprint density at radius 2 is 1.93 bits per heavy atom. The van der Waals surface area contributed by atoms with E-state index in [2.05, 4.69) is 0 Å². The number of carbonyl (C=O) groups is 2. The summed E-state index contributed by atoms with van der Waals surface area (Å²) in [5, 5.41) is 0.501. The lowest BCUT2D eigenvalue weighted by Crippen LogP contribution is -2.41. The van der Waals surface area contributed by atoms with Crippen LogP contribution in [0.25, 0.3) is 0 Å².